The Balaban J connectivity index is 2.75. The highest BCUT2D eigenvalue weighted by Gasteiger charge is 1.94. The van der Waals surface area contributed by atoms with E-state index in [1.54, 1.807) is 12.2 Å². The molecule has 1 heteroatoms. The Kier molecular flexibility index (Phi) is 4.30. The van der Waals surface area contributed by atoms with Crippen LogP contribution in [0.2, 0.25) is 0 Å². The van der Waals surface area contributed by atoms with E-state index in [2.05, 4.69) is 6.58 Å². The Bertz CT molecular complexity index is 397. The molecule has 0 unspecified atom stereocenters. The smallest absolute Gasteiger partial charge is 0.159 e. The largest absolute Gasteiger partial charge is 0.295 e. The van der Waals surface area contributed by atoms with Gasteiger partial charge in [0.2, 0.25) is 0 Å². The highest BCUT2D eigenvalue weighted by molar-refractivity contribution is 5.96. The summed E-state index contributed by atoms with van der Waals surface area (Å²) in [6.07, 6.45) is 7.14. The lowest BCUT2D eigenvalue weighted by Gasteiger charge is -1.92. The van der Waals surface area contributed by atoms with Crippen molar-refractivity contribution in [3.8, 4) is 0 Å². The van der Waals surface area contributed by atoms with Gasteiger partial charge in [0.1, 0.15) is 0 Å². The summed E-state index contributed by atoms with van der Waals surface area (Å²) < 4.78 is 0. The maximum Gasteiger partial charge on any atom is 0.159 e. The minimum Gasteiger partial charge on any atom is -0.295 e. The van der Waals surface area contributed by atoms with E-state index in [0.717, 1.165) is 5.56 Å². The predicted molar refractivity (Wildman–Crippen MR) is 64.4 cm³/mol. The van der Waals surface area contributed by atoms with E-state index in [0.29, 0.717) is 5.57 Å². The summed E-state index contributed by atoms with van der Waals surface area (Å²) in [5, 5.41) is 0. The molecule has 0 saturated heterocycles. The van der Waals surface area contributed by atoms with Gasteiger partial charge in [-0.05, 0) is 12.5 Å². The van der Waals surface area contributed by atoms with Gasteiger partial charge < -0.3 is 0 Å². The topological polar surface area (TPSA) is 17.1 Å². The summed E-state index contributed by atoms with van der Waals surface area (Å²) in [4.78, 5) is 11.0. The van der Waals surface area contributed by atoms with Crippen LogP contribution in [0.1, 0.15) is 12.5 Å². The molecule has 0 fully saturated rings. The number of allylic oxidation sites excluding steroid dienone is 4. The number of Topliss-reactive ketones (excluding diaryl/α,β-unsaturated/α-hetero) is 1. The zero-order chi connectivity index (χ0) is 11.1. The molecule has 0 amide bonds. The van der Waals surface area contributed by atoms with Crippen molar-refractivity contribution in [3.05, 3.63) is 66.3 Å². The van der Waals surface area contributed by atoms with Crippen LogP contribution in [-0.4, -0.2) is 5.78 Å². The molecule has 0 saturated carbocycles. The van der Waals surface area contributed by atoms with Crippen LogP contribution in [0.25, 0.3) is 6.08 Å². The molecule has 0 N–H and O–H groups in total. The fourth-order valence-corrected chi connectivity index (χ4v) is 1.16. The third kappa shape index (κ3) is 3.77. The maximum absolute atomic E-state index is 11.0. The van der Waals surface area contributed by atoms with E-state index in [1.807, 2.05) is 42.5 Å². The van der Waals surface area contributed by atoms with Crippen molar-refractivity contribution in [1.29, 1.82) is 0 Å². The number of ketones is 1. The monoisotopic (exact) mass is 198 g/mol. The number of hydrogen-bond donors (Lipinski definition) is 0. The van der Waals surface area contributed by atoms with E-state index < -0.39 is 0 Å². The molecule has 0 aliphatic rings. The van der Waals surface area contributed by atoms with E-state index >= 15 is 0 Å². The van der Waals surface area contributed by atoms with Crippen molar-refractivity contribution in [2.45, 2.75) is 6.92 Å². The maximum atomic E-state index is 11.0. The molecular formula is C14H14O. The van der Waals surface area contributed by atoms with E-state index in [4.69, 9.17) is 0 Å². The lowest BCUT2D eigenvalue weighted by molar-refractivity contribution is -0.113. The summed E-state index contributed by atoms with van der Waals surface area (Å²) in [6.45, 7) is 5.12. The number of hydrogen-bond acceptors (Lipinski definition) is 1. The molecule has 0 heterocycles. The normalized spacial score (nSPS) is 11.7. The Morgan fingerprint density at radius 3 is 2.47 bits per heavy atom. The highest BCUT2D eigenvalue weighted by atomic mass is 16.1. The number of rotatable bonds is 4. The van der Waals surface area contributed by atoms with Gasteiger partial charge in [-0.1, -0.05) is 61.2 Å². The van der Waals surface area contributed by atoms with Gasteiger partial charge in [-0.25, -0.2) is 0 Å². The quantitative estimate of drug-likeness (QED) is 0.535. The predicted octanol–water partition coefficient (Wildman–Crippen LogP) is 3.40. The van der Waals surface area contributed by atoms with Crippen LogP contribution in [0.5, 0.6) is 0 Å². The van der Waals surface area contributed by atoms with Crippen molar-refractivity contribution in [2.75, 3.05) is 0 Å². The Morgan fingerprint density at radius 1 is 1.27 bits per heavy atom. The van der Waals surface area contributed by atoms with Gasteiger partial charge in [-0.2, -0.15) is 0 Å². The van der Waals surface area contributed by atoms with Crippen LogP contribution in [0.3, 0.4) is 0 Å². The van der Waals surface area contributed by atoms with Crippen molar-refractivity contribution in [3.63, 3.8) is 0 Å². The molecule has 0 radical (unpaired) electrons. The molecule has 15 heavy (non-hydrogen) atoms. The third-order valence-electron chi connectivity index (χ3n) is 1.99. The van der Waals surface area contributed by atoms with Gasteiger partial charge in [0.15, 0.2) is 5.78 Å². The van der Waals surface area contributed by atoms with Gasteiger partial charge in [0, 0.05) is 5.57 Å². The second-order valence-electron chi connectivity index (χ2n) is 3.15. The van der Waals surface area contributed by atoms with Crippen LogP contribution in [0, 0.1) is 0 Å². The fourth-order valence-electron chi connectivity index (χ4n) is 1.16. The van der Waals surface area contributed by atoms with Crippen LogP contribution in [-0.2, 0) is 4.79 Å². The highest BCUT2D eigenvalue weighted by Crippen LogP contribution is 2.03. The lowest BCUT2D eigenvalue weighted by atomic mass is 10.1. The summed E-state index contributed by atoms with van der Waals surface area (Å²) in [6, 6.07) is 9.93. The summed E-state index contributed by atoms with van der Waals surface area (Å²) in [7, 11) is 0. The van der Waals surface area contributed by atoms with Crippen molar-refractivity contribution < 1.29 is 4.79 Å². The van der Waals surface area contributed by atoms with Crippen molar-refractivity contribution >= 4 is 11.9 Å². The average molecular weight is 198 g/mol. The first-order valence-electron chi connectivity index (χ1n) is 4.81. The molecule has 0 bridgehead atoms. The molecule has 1 aromatic rings. The molecule has 1 nitrogen and oxygen atoms in total. The first-order valence-corrected chi connectivity index (χ1v) is 4.81. The molecule has 0 atom stereocenters. The van der Waals surface area contributed by atoms with Crippen LogP contribution >= 0.6 is 0 Å². The second-order valence-corrected chi connectivity index (χ2v) is 3.15. The zero-order valence-electron chi connectivity index (χ0n) is 8.81. The van der Waals surface area contributed by atoms with E-state index in [-0.39, 0.29) is 5.78 Å². The van der Waals surface area contributed by atoms with Gasteiger partial charge in [-0.15, -0.1) is 0 Å². The molecule has 0 aliphatic heterocycles. The summed E-state index contributed by atoms with van der Waals surface area (Å²) in [5.74, 6) is 0.0303. The zero-order valence-corrected chi connectivity index (χ0v) is 8.81. The van der Waals surface area contributed by atoms with Crippen LogP contribution in [0.4, 0.5) is 0 Å². The SMILES string of the molecule is C=C/C(=C/C=C/c1ccccc1)C(C)=O. The number of carbonyl (C=O) groups is 1. The average Bonchev–Trinajstić information content (AvgIpc) is 2.25. The van der Waals surface area contributed by atoms with Gasteiger partial charge in [0.05, 0.1) is 0 Å². The first kappa shape index (κ1) is 11.2. The Morgan fingerprint density at radius 2 is 1.93 bits per heavy atom. The van der Waals surface area contributed by atoms with Gasteiger partial charge >= 0.3 is 0 Å². The second kappa shape index (κ2) is 5.76. The molecule has 76 valence electrons. The molecule has 0 aliphatic carbocycles. The molecule has 0 spiro atoms. The van der Waals surface area contributed by atoms with Crippen LogP contribution < -0.4 is 0 Å². The minimum absolute atomic E-state index is 0.0303. The lowest BCUT2D eigenvalue weighted by Crippen LogP contribution is -1.90. The standard InChI is InChI=1S/C14H14O/c1-3-14(12(2)15)11-7-10-13-8-5-4-6-9-13/h3-11H,1H2,2H3/b10-7+,14-11-. The Hall–Kier alpha value is -1.89. The molecule has 1 rings (SSSR count). The van der Waals surface area contributed by atoms with Crippen LogP contribution in [0.15, 0.2) is 60.7 Å². The van der Waals surface area contributed by atoms with Crippen molar-refractivity contribution in [1.82, 2.24) is 0 Å². The minimum atomic E-state index is 0.0303. The fraction of sp³-hybridized carbons (Fsp3) is 0.0714. The number of benzene rings is 1. The number of carbonyl (C=O) groups excluding carboxylic acids is 1. The summed E-state index contributed by atoms with van der Waals surface area (Å²) >= 11 is 0. The van der Waals surface area contributed by atoms with Gasteiger partial charge in [0.25, 0.3) is 0 Å². The third-order valence-corrected chi connectivity index (χ3v) is 1.99. The summed E-state index contributed by atoms with van der Waals surface area (Å²) in [5.41, 5.74) is 1.74. The van der Waals surface area contributed by atoms with Crippen molar-refractivity contribution in [2.24, 2.45) is 0 Å². The Labute approximate surface area is 90.4 Å². The van der Waals surface area contributed by atoms with E-state index in [9.17, 15) is 4.79 Å². The van der Waals surface area contributed by atoms with E-state index in [1.165, 1.54) is 6.92 Å². The molecule has 1 aromatic carbocycles. The molecular weight excluding hydrogens is 184 g/mol. The first-order chi connectivity index (χ1) is 7.24. The van der Waals surface area contributed by atoms with Gasteiger partial charge in [-0.3, -0.25) is 4.79 Å². The molecule has 0 aromatic heterocycles.